The van der Waals surface area contributed by atoms with Crippen molar-refractivity contribution in [3.8, 4) is 17.0 Å². The summed E-state index contributed by atoms with van der Waals surface area (Å²) in [7, 11) is 1.53. The zero-order valence-electron chi connectivity index (χ0n) is 11.4. The Kier molecular flexibility index (Phi) is 3.88. The van der Waals surface area contributed by atoms with Gasteiger partial charge in [-0.2, -0.15) is 5.10 Å². The molecule has 2 aromatic rings. The molecular formula is C13H13N3O5. The maximum Gasteiger partial charge on any atom is 0.345 e. The molecule has 0 atom stereocenters. The van der Waals surface area contributed by atoms with Crippen LogP contribution in [0.1, 0.15) is 5.56 Å². The van der Waals surface area contributed by atoms with Crippen LogP contribution >= 0.6 is 0 Å². The minimum Gasteiger partial charge on any atom is -0.496 e. The number of H-pyrrole nitrogens is 1. The molecule has 0 amide bonds. The summed E-state index contributed by atoms with van der Waals surface area (Å²) < 4.78 is 5.82. The van der Waals surface area contributed by atoms with Crippen molar-refractivity contribution in [2.75, 3.05) is 7.11 Å². The number of methoxy groups -OCH3 is 1. The lowest BCUT2D eigenvalue weighted by Crippen LogP contribution is -2.35. The molecule has 0 aliphatic rings. The highest BCUT2D eigenvalue weighted by Crippen LogP contribution is 2.22. The first kappa shape index (κ1) is 14.5. The summed E-state index contributed by atoms with van der Waals surface area (Å²) in [6, 6.07) is 4.95. The summed E-state index contributed by atoms with van der Waals surface area (Å²) in [6.07, 6.45) is 0. The molecule has 8 nitrogen and oxygen atoms in total. The molecule has 110 valence electrons. The maximum absolute atomic E-state index is 11.8. The van der Waals surface area contributed by atoms with Crippen molar-refractivity contribution < 1.29 is 14.6 Å². The number of benzene rings is 1. The van der Waals surface area contributed by atoms with Crippen molar-refractivity contribution in [2.45, 2.75) is 13.5 Å². The fourth-order valence-corrected chi connectivity index (χ4v) is 1.88. The van der Waals surface area contributed by atoms with Crippen LogP contribution in [-0.4, -0.2) is 33.0 Å². The number of aryl methyl sites for hydroxylation is 1. The van der Waals surface area contributed by atoms with E-state index in [2.05, 4.69) is 10.1 Å². The number of carbonyl (C=O) groups is 1. The summed E-state index contributed by atoms with van der Waals surface area (Å²) in [5, 5.41) is 12.5. The molecule has 0 bridgehead atoms. The van der Waals surface area contributed by atoms with Gasteiger partial charge < -0.3 is 9.84 Å². The number of hydrogen-bond donors (Lipinski definition) is 2. The highest BCUT2D eigenvalue weighted by Gasteiger charge is 2.12. The van der Waals surface area contributed by atoms with Crippen molar-refractivity contribution in [3.63, 3.8) is 0 Å². The van der Waals surface area contributed by atoms with Gasteiger partial charge in [-0.25, -0.2) is 9.48 Å². The van der Waals surface area contributed by atoms with E-state index in [1.54, 1.807) is 25.1 Å². The van der Waals surface area contributed by atoms with Gasteiger partial charge in [0.25, 0.3) is 5.56 Å². The van der Waals surface area contributed by atoms with E-state index in [1.165, 1.54) is 7.11 Å². The zero-order valence-corrected chi connectivity index (χ0v) is 11.4. The SMILES string of the molecule is COc1ccc(-c2nn(CC(=O)O)c(=O)[nH]c2=O)cc1C. The standard InChI is InChI=1S/C13H13N3O5/c1-7-5-8(3-4-9(7)21-2)11-12(19)14-13(20)16(15-11)6-10(17)18/h3-5H,6H2,1-2H3,(H,17,18)(H,14,19,20). The Balaban J connectivity index is 2.58. The van der Waals surface area contributed by atoms with Crippen LogP contribution in [0.4, 0.5) is 0 Å². The van der Waals surface area contributed by atoms with Gasteiger partial charge in [0.2, 0.25) is 0 Å². The van der Waals surface area contributed by atoms with Crippen LogP contribution in [0.5, 0.6) is 5.75 Å². The largest absolute Gasteiger partial charge is 0.496 e. The molecule has 8 heteroatoms. The molecule has 2 rings (SSSR count). The average molecular weight is 291 g/mol. The number of carboxylic acids is 1. The van der Waals surface area contributed by atoms with Gasteiger partial charge in [0.1, 0.15) is 12.3 Å². The Labute approximate surface area is 118 Å². The molecule has 0 unspecified atom stereocenters. The van der Waals surface area contributed by atoms with Crippen LogP contribution in [0.2, 0.25) is 0 Å². The summed E-state index contributed by atoms with van der Waals surface area (Å²) in [6.45, 7) is 1.17. The summed E-state index contributed by atoms with van der Waals surface area (Å²) in [5.41, 5.74) is -0.315. The smallest absolute Gasteiger partial charge is 0.345 e. The van der Waals surface area contributed by atoms with E-state index in [0.717, 1.165) is 5.56 Å². The Bertz CT molecular complexity index is 806. The van der Waals surface area contributed by atoms with Gasteiger partial charge in [-0.1, -0.05) is 0 Å². The number of rotatable bonds is 4. The van der Waals surface area contributed by atoms with E-state index in [9.17, 15) is 14.4 Å². The summed E-state index contributed by atoms with van der Waals surface area (Å²) in [5.74, 6) is -0.581. The molecule has 0 saturated heterocycles. The molecule has 1 aromatic carbocycles. The molecule has 0 fully saturated rings. The molecule has 2 N–H and O–H groups in total. The van der Waals surface area contributed by atoms with Gasteiger partial charge in [-0.15, -0.1) is 0 Å². The second-order valence-corrected chi connectivity index (χ2v) is 4.34. The number of aliphatic carboxylic acids is 1. The number of aromatic amines is 1. The van der Waals surface area contributed by atoms with Gasteiger partial charge in [-0.3, -0.25) is 14.6 Å². The minimum absolute atomic E-state index is 0.0263. The highest BCUT2D eigenvalue weighted by atomic mass is 16.5. The first-order chi connectivity index (χ1) is 9.92. The second-order valence-electron chi connectivity index (χ2n) is 4.34. The molecule has 0 spiro atoms. The predicted molar refractivity (Wildman–Crippen MR) is 73.5 cm³/mol. The van der Waals surface area contributed by atoms with E-state index in [-0.39, 0.29) is 5.69 Å². The first-order valence-electron chi connectivity index (χ1n) is 6.00. The summed E-state index contributed by atoms with van der Waals surface area (Å²) in [4.78, 5) is 36.1. The van der Waals surface area contributed by atoms with Crippen LogP contribution in [0.15, 0.2) is 27.8 Å². The number of aromatic nitrogens is 3. The Morgan fingerprint density at radius 1 is 1.43 bits per heavy atom. The van der Waals surface area contributed by atoms with E-state index in [0.29, 0.717) is 16.0 Å². The molecule has 0 saturated carbocycles. The van der Waals surface area contributed by atoms with Gasteiger partial charge >= 0.3 is 11.7 Å². The van der Waals surface area contributed by atoms with Crippen molar-refractivity contribution in [1.82, 2.24) is 14.8 Å². The van der Waals surface area contributed by atoms with Gasteiger partial charge in [0, 0.05) is 5.56 Å². The zero-order chi connectivity index (χ0) is 15.6. The Morgan fingerprint density at radius 3 is 2.71 bits per heavy atom. The molecule has 0 radical (unpaired) electrons. The Morgan fingerprint density at radius 2 is 2.14 bits per heavy atom. The van der Waals surface area contributed by atoms with Crippen LogP contribution in [0, 0.1) is 6.92 Å². The van der Waals surface area contributed by atoms with Gasteiger partial charge in [0.15, 0.2) is 5.69 Å². The van der Waals surface area contributed by atoms with Crippen molar-refractivity contribution in [2.24, 2.45) is 0 Å². The number of nitrogens with one attached hydrogen (secondary N) is 1. The van der Waals surface area contributed by atoms with E-state index in [1.807, 2.05) is 0 Å². The van der Waals surface area contributed by atoms with E-state index in [4.69, 9.17) is 9.84 Å². The second kappa shape index (κ2) is 5.61. The van der Waals surface area contributed by atoms with E-state index >= 15 is 0 Å². The third-order valence-electron chi connectivity index (χ3n) is 2.84. The van der Waals surface area contributed by atoms with E-state index < -0.39 is 23.8 Å². The third kappa shape index (κ3) is 2.99. The van der Waals surface area contributed by atoms with Crippen molar-refractivity contribution in [1.29, 1.82) is 0 Å². The fourth-order valence-electron chi connectivity index (χ4n) is 1.88. The molecule has 0 aliphatic carbocycles. The van der Waals surface area contributed by atoms with Gasteiger partial charge in [0.05, 0.1) is 7.11 Å². The van der Waals surface area contributed by atoms with Crippen LogP contribution in [0.3, 0.4) is 0 Å². The van der Waals surface area contributed by atoms with Crippen LogP contribution in [-0.2, 0) is 11.3 Å². The third-order valence-corrected chi connectivity index (χ3v) is 2.84. The van der Waals surface area contributed by atoms with Crippen LogP contribution in [0.25, 0.3) is 11.3 Å². The summed E-state index contributed by atoms with van der Waals surface area (Å²) >= 11 is 0. The maximum atomic E-state index is 11.8. The van der Waals surface area contributed by atoms with Crippen molar-refractivity contribution >= 4 is 5.97 Å². The number of hydrogen-bond acceptors (Lipinski definition) is 5. The number of carboxylic acid groups (broad SMARTS) is 1. The number of nitrogens with zero attached hydrogens (tertiary/aromatic N) is 2. The number of ether oxygens (including phenoxy) is 1. The lowest BCUT2D eigenvalue weighted by molar-refractivity contribution is -0.138. The molecule has 0 aliphatic heterocycles. The molecular weight excluding hydrogens is 278 g/mol. The van der Waals surface area contributed by atoms with Crippen molar-refractivity contribution in [3.05, 3.63) is 44.6 Å². The normalized spacial score (nSPS) is 10.4. The van der Waals surface area contributed by atoms with Gasteiger partial charge in [-0.05, 0) is 30.7 Å². The fraction of sp³-hybridized carbons (Fsp3) is 0.231. The lowest BCUT2D eigenvalue weighted by Gasteiger charge is -2.07. The first-order valence-corrected chi connectivity index (χ1v) is 6.00. The quantitative estimate of drug-likeness (QED) is 0.819. The molecule has 1 heterocycles. The highest BCUT2D eigenvalue weighted by molar-refractivity contribution is 5.66. The minimum atomic E-state index is -1.23. The lowest BCUT2D eigenvalue weighted by atomic mass is 10.1. The molecule has 1 aromatic heterocycles. The monoisotopic (exact) mass is 291 g/mol. The molecule has 21 heavy (non-hydrogen) atoms. The average Bonchev–Trinajstić information content (AvgIpc) is 2.41. The van der Waals surface area contributed by atoms with Crippen LogP contribution < -0.4 is 16.0 Å². The topological polar surface area (TPSA) is 114 Å². The predicted octanol–water partition coefficient (Wildman–Crippen LogP) is 0.000220. The Hall–Kier alpha value is -2.90.